The molecule has 0 atom stereocenters. The fourth-order valence-electron chi connectivity index (χ4n) is 2.79. The van der Waals surface area contributed by atoms with Gasteiger partial charge in [0.2, 0.25) is 0 Å². The highest BCUT2D eigenvalue weighted by molar-refractivity contribution is 14.1. The molecule has 8 heteroatoms. The van der Waals surface area contributed by atoms with Gasteiger partial charge in [0, 0.05) is 21.6 Å². The molecule has 1 aromatic rings. The van der Waals surface area contributed by atoms with Crippen LogP contribution in [0.5, 0.6) is 5.75 Å². The maximum absolute atomic E-state index is 12.1. The fraction of sp³-hybridized carbons (Fsp3) is 0.444. The second kappa shape index (κ2) is 10.0. The Morgan fingerprint density at radius 3 is 2.19 bits per heavy atom. The predicted molar refractivity (Wildman–Crippen MR) is 125 cm³/mol. The van der Waals surface area contributed by atoms with Crippen molar-refractivity contribution in [1.82, 2.24) is 5.32 Å². The molecule has 1 saturated heterocycles. The van der Waals surface area contributed by atoms with E-state index in [1.54, 1.807) is 0 Å². The minimum absolute atomic E-state index is 0.308. The summed E-state index contributed by atoms with van der Waals surface area (Å²) >= 11 is 6.45. The molecule has 0 bridgehead atoms. The van der Waals surface area contributed by atoms with Gasteiger partial charge in [-0.15, -0.1) is 0 Å². The van der Waals surface area contributed by atoms with Crippen molar-refractivity contribution in [3.05, 3.63) is 35.0 Å². The van der Waals surface area contributed by atoms with Gasteiger partial charge in [-0.1, -0.05) is 0 Å². The monoisotopic (exact) mass is 695 g/mol. The van der Waals surface area contributed by atoms with E-state index in [1.165, 1.54) is 0 Å². The van der Waals surface area contributed by atoms with E-state index < -0.39 is 17.5 Å². The molecule has 1 aliphatic heterocycles. The van der Waals surface area contributed by atoms with Crippen LogP contribution in [0.1, 0.15) is 26.7 Å². The van der Waals surface area contributed by atoms with Crippen molar-refractivity contribution >= 4 is 79.7 Å². The highest BCUT2D eigenvalue weighted by Gasteiger charge is 2.33. The molecule has 0 amide bonds. The first-order valence-electron chi connectivity index (χ1n) is 8.17. The molecule has 1 aliphatic rings. The van der Waals surface area contributed by atoms with Gasteiger partial charge < -0.3 is 14.8 Å². The van der Waals surface area contributed by atoms with Crippen molar-refractivity contribution in [2.24, 2.45) is 5.92 Å². The van der Waals surface area contributed by atoms with E-state index in [1.807, 2.05) is 26.0 Å². The first-order chi connectivity index (χ1) is 12.2. The van der Waals surface area contributed by atoms with E-state index in [-0.39, 0.29) is 0 Å². The van der Waals surface area contributed by atoms with Crippen molar-refractivity contribution < 1.29 is 19.1 Å². The van der Waals surface area contributed by atoms with E-state index in [0.717, 1.165) is 48.8 Å². The SMILES string of the molecule is CC(C)(OC(=O)/C=C\C(=O)Oc1c(I)cc(I)cc1I)C1CCNCC1. The van der Waals surface area contributed by atoms with Crippen LogP contribution in [0, 0.1) is 16.6 Å². The molecular weight excluding hydrogens is 675 g/mol. The van der Waals surface area contributed by atoms with Crippen LogP contribution in [0.15, 0.2) is 24.3 Å². The van der Waals surface area contributed by atoms with Gasteiger partial charge in [-0.25, -0.2) is 9.59 Å². The number of piperidine rings is 1. The lowest BCUT2D eigenvalue weighted by Gasteiger charge is -2.36. The quantitative estimate of drug-likeness (QED) is 0.216. The lowest BCUT2D eigenvalue weighted by Crippen LogP contribution is -2.42. The Balaban J connectivity index is 1.94. The minimum atomic E-state index is -0.598. The van der Waals surface area contributed by atoms with Crippen LogP contribution in [0.4, 0.5) is 0 Å². The Kier molecular flexibility index (Phi) is 8.60. The maximum atomic E-state index is 12.1. The first kappa shape index (κ1) is 22.3. The highest BCUT2D eigenvalue weighted by atomic mass is 127. The molecular formula is C18H20I3NO4. The highest BCUT2D eigenvalue weighted by Crippen LogP contribution is 2.30. The molecule has 0 aromatic heterocycles. The van der Waals surface area contributed by atoms with Crippen LogP contribution in [0.3, 0.4) is 0 Å². The number of esters is 2. The van der Waals surface area contributed by atoms with Gasteiger partial charge in [0.1, 0.15) is 5.60 Å². The van der Waals surface area contributed by atoms with Crippen LogP contribution in [-0.2, 0) is 14.3 Å². The number of hydrogen-bond acceptors (Lipinski definition) is 5. The number of carbonyl (C=O) groups is 2. The van der Waals surface area contributed by atoms with Gasteiger partial charge in [-0.2, -0.15) is 0 Å². The largest absolute Gasteiger partial charge is 0.456 e. The van der Waals surface area contributed by atoms with Crippen LogP contribution in [0.25, 0.3) is 0 Å². The second-order valence-electron chi connectivity index (χ2n) is 6.50. The minimum Gasteiger partial charge on any atom is -0.456 e. The smallest absolute Gasteiger partial charge is 0.336 e. The first-order valence-corrected chi connectivity index (χ1v) is 11.4. The van der Waals surface area contributed by atoms with Gasteiger partial charge in [0.15, 0.2) is 5.75 Å². The summed E-state index contributed by atoms with van der Waals surface area (Å²) in [5.41, 5.74) is -0.561. The van der Waals surface area contributed by atoms with Crippen molar-refractivity contribution in [3.8, 4) is 5.75 Å². The van der Waals surface area contributed by atoms with Gasteiger partial charge >= 0.3 is 11.9 Å². The summed E-state index contributed by atoms with van der Waals surface area (Å²) in [6.45, 7) is 5.70. The molecule has 0 aliphatic carbocycles. The normalized spacial score (nSPS) is 15.9. The van der Waals surface area contributed by atoms with Gasteiger partial charge in [-0.05, 0) is 120 Å². The number of hydrogen-bond donors (Lipinski definition) is 1. The number of ether oxygens (including phenoxy) is 2. The predicted octanol–water partition coefficient (Wildman–Crippen LogP) is 4.28. The van der Waals surface area contributed by atoms with Gasteiger partial charge in [0.25, 0.3) is 0 Å². The summed E-state index contributed by atoms with van der Waals surface area (Å²) in [5.74, 6) is -0.316. The molecule has 142 valence electrons. The summed E-state index contributed by atoms with van der Waals surface area (Å²) in [4.78, 5) is 24.1. The zero-order chi connectivity index (χ0) is 19.3. The third-order valence-electron chi connectivity index (χ3n) is 4.21. The van der Waals surface area contributed by atoms with E-state index >= 15 is 0 Å². The Bertz CT molecular complexity index is 689. The third-order valence-corrected chi connectivity index (χ3v) is 6.43. The number of halogens is 3. The summed E-state index contributed by atoms with van der Waals surface area (Å²) in [6, 6.07) is 3.84. The second-order valence-corrected chi connectivity index (χ2v) is 10.1. The molecule has 0 spiro atoms. The zero-order valence-corrected chi connectivity index (χ0v) is 21.0. The average molecular weight is 695 g/mol. The Labute approximate surface area is 194 Å². The van der Waals surface area contributed by atoms with E-state index in [9.17, 15) is 9.59 Å². The molecule has 0 unspecified atom stereocenters. The molecule has 2 rings (SSSR count). The Morgan fingerprint density at radius 1 is 1.08 bits per heavy atom. The summed E-state index contributed by atoms with van der Waals surface area (Å²) in [7, 11) is 0. The molecule has 0 radical (unpaired) electrons. The number of carbonyl (C=O) groups excluding carboxylic acids is 2. The fourth-order valence-corrected chi connectivity index (χ4v) is 6.59. The van der Waals surface area contributed by atoms with Crippen LogP contribution in [0.2, 0.25) is 0 Å². The van der Waals surface area contributed by atoms with Crippen molar-refractivity contribution in [1.29, 1.82) is 0 Å². The van der Waals surface area contributed by atoms with E-state index in [0.29, 0.717) is 11.7 Å². The molecule has 0 saturated carbocycles. The van der Waals surface area contributed by atoms with Crippen molar-refractivity contribution in [2.45, 2.75) is 32.3 Å². The van der Waals surface area contributed by atoms with Crippen molar-refractivity contribution in [3.63, 3.8) is 0 Å². The number of rotatable bonds is 5. The number of benzene rings is 1. The third kappa shape index (κ3) is 6.59. The lowest BCUT2D eigenvalue weighted by molar-refractivity contribution is -0.156. The van der Waals surface area contributed by atoms with Crippen molar-refractivity contribution in [2.75, 3.05) is 13.1 Å². The van der Waals surface area contributed by atoms with E-state index in [4.69, 9.17) is 9.47 Å². The molecule has 26 heavy (non-hydrogen) atoms. The van der Waals surface area contributed by atoms with Crippen LogP contribution < -0.4 is 10.1 Å². The van der Waals surface area contributed by atoms with Crippen LogP contribution in [-0.4, -0.2) is 30.6 Å². The van der Waals surface area contributed by atoms with E-state index in [2.05, 4.69) is 73.1 Å². The molecule has 5 nitrogen and oxygen atoms in total. The Hall–Kier alpha value is 0.0500. The summed E-state index contributed by atoms with van der Waals surface area (Å²) in [5, 5.41) is 3.30. The average Bonchev–Trinajstić information content (AvgIpc) is 2.56. The lowest BCUT2D eigenvalue weighted by atomic mass is 9.83. The number of nitrogens with one attached hydrogen (secondary N) is 1. The Morgan fingerprint density at radius 2 is 1.62 bits per heavy atom. The molecule has 1 N–H and O–H groups in total. The zero-order valence-electron chi connectivity index (χ0n) is 14.5. The van der Waals surface area contributed by atoms with Crippen LogP contribution >= 0.6 is 67.8 Å². The van der Waals surface area contributed by atoms with Gasteiger partial charge in [-0.3, -0.25) is 0 Å². The molecule has 1 fully saturated rings. The molecule has 1 aromatic carbocycles. The van der Waals surface area contributed by atoms with Gasteiger partial charge in [0.05, 0.1) is 7.14 Å². The molecule has 1 heterocycles. The topological polar surface area (TPSA) is 64.6 Å². The summed E-state index contributed by atoms with van der Waals surface area (Å²) in [6.07, 6.45) is 4.19. The standard InChI is InChI=1S/C18H20I3NO4/c1-18(2,11-5-7-22-8-6-11)26-16(24)4-3-15(23)25-17-13(20)9-12(19)10-14(17)21/h3-4,9-11,22H,5-8H2,1-2H3/b4-3-. The summed E-state index contributed by atoms with van der Waals surface area (Å²) < 4.78 is 13.7. The maximum Gasteiger partial charge on any atom is 0.336 e.